The molecule has 1 atom stereocenters. The van der Waals surface area contributed by atoms with Crippen molar-refractivity contribution in [3.8, 4) is 11.3 Å². The molecule has 3 rings (SSSR count). The van der Waals surface area contributed by atoms with E-state index in [1.807, 2.05) is 12.1 Å². The zero-order valence-electron chi connectivity index (χ0n) is 11.8. The van der Waals surface area contributed by atoms with E-state index in [4.69, 9.17) is 21.2 Å². The number of H-pyrrole nitrogens is 1. The smallest absolute Gasteiger partial charge is 0.278 e. The number of hydroxylamine groups is 1. The van der Waals surface area contributed by atoms with Gasteiger partial charge in [-0.05, 0) is 25.0 Å². The second kappa shape index (κ2) is 6.91. The maximum atomic E-state index is 12.2. The second-order valence-electron chi connectivity index (χ2n) is 5.01. The van der Waals surface area contributed by atoms with Crippen molar-refractivity contribution in [2.24, 2.45) is 0 Å². The molecular weight excluding hydrogens is 306 g/mol. The van der Waals surface area contributed by atoms with Gasteiger partial charge in [-0.2, -0.15) is 5.10 Å². The largest absolute Gasteiger partial charge is 0.350 e. The highest BCUT2D eigenvalue weighted by Crippen LogP contribution is 2.23. The Labute approximate surface area is 132 Å². The van der Waals surface area contributed by atoms with E-state index >= 15 is 0 Å². The Morgan fingerprint density at radius 3 is 2.91 bits per heavy atom. The summed E-state index contributed by atoms with van der Waals surface area (Å²) in [5.74, 6) is -0.368. The monoisotopic (exact) mass is 321 g/mol. The van der Waals surface area contributed by atoms with Gasteiger partial charge < -0.3 is 4.74 Å². The SMILES string of the molecule is O=C(NOC1CCCCO1)c1cn[nH]c1-c1ccc(Cl)cc1. The first-order valence-corrected chi connectivity index (χ1v) is 7.49. The Morgan fingerprint density at radius 1 is 1.36 bits per heavy atom. The van der Waals surface area contributed by atoms with Crippen LogP contribution in [0.25, 0.3) is 11.3 Å². The van der Waals surface area contributed by atoms with Crippen LogP contribution in [-0.4, -0.2) is 29.0 Å². The second-order valence-corrected chi connectivity index (χ2v) is 5.45. The van der Waals surface area contributed by atoms with Crippen molar-refractivity contribution in [1.29, 1.82) is 0 Å². The van der Waals surface area contributed by atoms with Gasteiger partial charge in [0.1, 0.15) is 0 Å². The molecular formula is C15H16ClN3O3. The predicted octanol–water partition coefficient (Wildman–Crippen LogP) is 2.92. The van der Waals surface area contributed by atoms with E-state index in [1.54, 1.807) is 12.1 Å². The first-order valence-electron chi connectivity index (χ1n) is 7.11. The maximum absolute atomic E-state index is 12.2. The number of nitrogens with one attached hydrogen (secondary N) is 2. The number of amides is 1. The van der Waals surface area contributed by atoms with Gasteiger partial charge in [0, 0.05) is 23.6 Å². The third-order valence-corrected chi connectivity index (χ3v) is 3.69. The quantitative estimate of drug-likeness (QED) is 0.849. The lowest BCUT2D eigenvalue weighted by Crippen LogP contribution is -2.33. The van der Waals surface area contributed by atoms with Crippen LogP contribution in [0.5, 0.6) is 0 Å². The molecule has 1 unspecified atom stereocenters. The van der Waals surface area contributed by atoms with Gasteiger partial charge >= 0.3 is 0 Å². The third kappa shape index (κ3) is 3.47. The van der Waals surface area contributed by atoms with Crippen LogP contribution in [0, 0.1) is 0 Å². The van der Waals surface area contributed by atoms with Crippen LogP contribution in [0.15, 0.2) is 30.5 Å². The molecule has 1 aliphatic rings. The molecule has 6 nitrogen and oxygen atoms in total. The van der Waals surface area contributed by atoms with E-state index in [2.05, 4.69) is 15.7 Å². The highest BCUT2D eigenvalue weighted by molar-refractivity contribution is 6.30. The lowest BCUT2D eigenvalue weighted by atomic mass is 10.1. The van der Waals surface area contributed by atoms with Gasteiger partial charge in [-0.1, -0.05) is 23.7 Å². The number of carbonyl (C=O) groups is 1. The van der Waals surface area contributed by atoms with Gasteiger partial charge in [0.25, 0.3) is 5.91 Å². The topological polar surface area (TPSA) is 76.2 Å². The van der Waals surface area contributed by atoms with Gasteiger partial charge in [0.2, 0.25) is 0 Å². The van der Waals surface area contributed by atoms with Crippen molar-refractivity contribution in [2.75, 3.05) is 6.61 Å². The molecule has 0 spiro atoms. The standard InChI is InChI=1S/C15H16ClN3O3/c16-11-6-4-10(5-7-11)14-12(9-17-18-14)15(20)19-22-13-3-1-2-8-21-13/h4-7,9,13H,1-3,8H2,(H,17,18)(H,19,20). The molecule has 0 aliphatic carbocycles. The molecule has 116 valence electrons. The fourth-order valence-corrected chi connectivity index (χ4v) is 2.40. The van der Waals surface area contributed by atoms with E-state index < -0.39 is 0 Å². The lowest BCUT2D eigenvalue weighted by molar-refractivity contribution is -0.186. The average molecular weight is 322 g/mol. The van der Waals surface area contributed by atoms with Crippen LogP contribution in [-0.2, 0) is 9.57 Å². The van der Waals surface area contributed by atoms with Crippen LogP contribution in [0.4, 0.5) is 0 Å². The normalized spacial score (nSPS) is 18.1. The van der Waals surface area contributed by atoms with Crippen molar-refractivity contribution in [3.63, 3.8) is 0 Å². The van der Waals surface area contributed by atoms with Crippen LogP contribution in [0.3, 0.4) is 0 Å². The number of aromatic nitrogens is 2. The molecule has 1 fully saturated rings. The van der Waals surface area contributed by atoms with Gasteiger partial charge in [0.15, 0.2) is 6.29 Å². The summed E-state index contributed by atoms with van der Waals surface area (Å²) in [7, 11) is 0. The number of halogens is 1. The molecule has 0 bridgehead atoms. The predicted molar refractivity (Wildman–Crippen MR) is 81.2 cm³/mol. The summed E-state index contributed by atoms with van der Waals surface area (Å²) in [5.41, 5.74) is 4.26. The molecule has 0 saturated carbocycles. The molecule has 0 radical (unpaired) electrons. The average Bonchev–Trinajstić information content (AvgIpc) is 3.04. The van der Waals surface area contributed by atoms with Crippen molar-refractivity contribution in [1.82, 2.24) is 15.7 Å². The Kier molecular flexibility index (Phi) is 4.72. The number of benzene rings is 1. The summed E-state index contributed by atoms with van der Waals surface area (Å²) in [6, 6.07) is 7.15. The van der Waals surface area contributed by atoms with E-state index in [1.165, 1.54) is 6.20 Å². The Morgan fingerprint density at radius 2 is 2.18 bits per heavy atom. The highest BCUT2D eigenvalue weighted by atomic mass is 35.5. The molecule has 1 saturated heterocycles. The molecule has 22 heavy (non-hydrogen) atoms. The third-order valence-electron chi connectivity index (χ3n) is 3.44. The van der Waals surface area contributed by atoms with Crippen LogP contribution >= 0.6 is 11.6 Å². The number of hydrogen-bond donors (Lipinski definition) is 2. The zero-order chi connectivity index (χ0) is 15.4. The summed E-state index contributed by atoms with van der Waals surface area (Å²) < 4.78 is 5.40. The summed E-state index contributed by atoms with van der Waals surface area (Å²) in [4.78, 5) is 17.5. The molecule has 1 aliphatic heterocycles. The van der Waals surface area contributed by atoms with Gasteiger partial charge in [0.05, 0.1) is 17.5 Å². The van der Waals surface area contributed by atoms with Crippen LogP contribution in [0.2, 0.25) is 5.02 Å². The van der Waals surface area contributed by atoms with E-state index in [-0.39, 0.29) is 12.2 Å². The molecule has 1 amide bonds. The van der Waals surface area contributed by atoms with Crippen LogP contribution < -0.4 is 5.48 Å². The number of rotatable bonds is 4. The van der Waals surface area contributed by atoms with E-state index in [0.29, 0.717) is 22.9 Å². The van der Waals surface area contributed by atoms with E-state index in [9.17, 15) is 4.79 Å². The highest BCUT2D eigenvalue weighted by Gasteiger charge is 2.19. The summed E-state index contributed by atoms with van der Waals surface area (Å²) in [6.07, 6.45) is 3.90. The zero-order valence-corrected chi connectivity index (χ0v) is 12.6. The summed E-state index contributed by atoms with van der Waals surface area (Å²) >= 11 is 5.87. The van der Waals surface area contributed by atoms with Gasteiger partial charge in [-0.25, -0.2) is 10.3 Å². The van der Waals surface area contributed by atoms with Gasteiger partial charge in [-0.15, -0.1) is 0 Å². The maximum Gasteiger partial charge on any atom is 0.278 e. The van der Waals surface area contributed by atoms with E-state index in [0.717, 1.165) is 24.8 Å². The molecule has 2 N–H and O–H groups in total. The Hall–Kier alpha value is -1.89. The minimum absolute atomic E-state index is 0.368. The number of hydrogen-bond acceptors (Lipinski definition) is 4. The fourth-order valence-electron chi connectivity index (χ4n) is 2.27. The molecule has 1 aromatic carbocycles. The van der Waals surface area contributed by atoms with Crippen LogP contribution in [0.1, 0.15) is 29.6 Å². The number of aromatic amines is 1. The minimum Gasteiger partial charge on any atom is -0.350 e. The minimum atomic E-state index is -0.386. The fraction of sp³-hybridized carbons (Fsp3) is 0.333. The Bertz CT molecular complexity index is 636. The lowest BCUT2D eigenvalue weighted by Gasteiger charge is -2.22. The number of carbonyl (C=O) groups excluding carboxylic acids is 1. The summed E-state index contributed by atoms with van der Waals surface area (Å²) in [6.45, 7) is 0.655. The van der Waals surface area contributed by atoms with Gasteiger partial charge in [-0.3, -0.25) is 9.89 Å². The van der Waals surface area contributed by atoms with Crippen molar-refractivity contribution in [3.05, 3.63) is 41.0 Å². The van der Waals surface area contributed by atoms with Crippen molar-refractivity contribution < 1.29 is 14.4 Å². The first kappa shape index (κ1) is 15.0. The number of nitrogens with zero attached hydrogens (tertiary/aromatic N) is 1. The molecule has 2 heterocycles. The van der Waals surface area contributed by atoms with Crippen molar-refractivity contribution in [2.45, 2.75) is 25.6 Å². The molecule has 2 aromatic rings. The Balaban J connectivity index is 1.68. The molecule has 1 aromatic heterocycles. The molecule has 7 heteroatoms. The first-order chi connectivity index (χ1) is 10.7. The van der Waals surface area contributed by atoms with Crippen molar-refractivity contribution >= 4 is 17.5 Å². The number of ether oxygens (including phenoxy) is 1. The summed E-state index contributed by atoms with van der Waals surface area (Å²) in [5, 5.41) is 7.38.